The summed E-state index contributed by atoms with van der Waals surface area (Å²) in [5.74, 6) is -1.27. The third-order valence-electron chi connectivity index (χ3n) is 10.9. The van der Waals surface area contributed by atoms with Gasteiger partial charge < -0.3 is 29.3 Å². The first kappa shape index (κ1) is 38.8. The number of hydrogen-bond acceptors (Lipinski definition) is 11. The molecule has 14 nitrogen and oxygen atoms in total. The van der Waals surface area contributed by atoms with Crippen molar-refractivity contribution in [2.24, 2.45) is 5.92 Å². The second-order valence-electron chi connectivity index (χ2n) is 14.7. The van der Waals surface area contributed by atoms with Crippen LogP contribution in [0, 0.1) is 12.8 Å². The predicted molar refractivity (Wildman–Crippen MR) is 195 cm³/mol. The molecule has 4 heterocycles. The van der Waals surface area contributed by atoms with E-state index in [1.165, 1.54) is 23.0 Å². The number of pyridine rings is 1. The number of thiazole rings is 1. The Bertz CT molecular complexity index is 2180. The van der Waals surface area contributed by atoms with Crippen LogP contribution in [-0.4, -0.2) is 109 Å². The summed E-state index contributed by atoms with van der Waals surface area (Å²) < 4.78 is 85.5. The molecule has 0 bridgehead atoms. The maximum atomic E-state index is 14.4. The molecule has 55 heavy (non-hydrogen) atoms. The average molecular weight is 807 g/mol. The minimum absolute atomic E-state index is 0.0217. The average Bonchev–Trinajstić information content (AvgIpc) is 3.99. The monoisotopic (exact) mass is 806 g/mol. The van der Waals surface area contributed by atoms with E-state index in [-0.39, 0.29) is 62.0 Å². The number of hydrogen-bond donors (Lipinski definition) is 2. The molecule has 19 heteroatoms. The fourth-order valence-electron chi connectivity index (χ4n) is 6.98. The topological polar surface area (TPSA) is 169 Å². The third-order valence-corrected chi connectivity index (χ3v) is 13.9. The van der Waals surface area contributed by atoms with E-state index in [1.54, 1.807) is 45.2 Å². The van der Waals surface area contributed by atoms with Crippen LogP contribution in [0.15, 0.2) is 35.7 Å². The molecule has 0 unspecified atom stereocenters. The number of aromatic nitrogens is 2. The van der Waals surface area contributed by atoms with Gasteiger partial charge in [-0.1, -0.05) is 12.2 Å². The summed E-state index contributed by atoms with van der Waals surface area (Å²) in [6.07, 6.45) is -0.722. The Morgan fingerprint density at radius 3 is 2.62 bits per heavy atom. The van der Waals surface area contributed by atoms with Crippen LogP contribution in [0.3, 0.4) is 0 Å². The smallest absolute Gasteiger partial charge is 0.434 e. The fourth-order valence-corrected chi connectivity index (χ4v) is 9.08. The number of benzene rings is 1. The molecule has 1 aromatic carbocycles. The number of nitrogens with zero attached hydrogens (tertiary/aromatic N) is 4. The molecular weight excluding hydrogens is 766 g/mol. The highest BCUT2D eigenvalue weighted by Gasteiger charge is 2.63. The minimum atomic E-state index is -4.65. The molecule has 2 N–H and O–H groups in total. The molecule has 296 valence electrons. The van der Waals surface area contributed by atoms with Crippen molar-refractivity contribution < 1.29 is 50.2 Å². The molecule has 3 aromatic rings. The van der Waals surface area contributed by atoms with Gasteiger partial charge in [0.2, 0.25) is 15.9 Å². The molecule has 1 saturated heterocycles. The number of likely N-dealkylation sites (N-methyl/N-ethyl adjacent to an activating group) is 1. The molecule has 4 aliphatic rings. The molecule has 2 aliphatic heterocycles. The molecule has 2 aromatic heterocycles. The minimum Gasteiger partial charge on any atom is -0.496 e. The first-order valence-corrected chi connectivity index (χ1v) is 20.2. The highest BCUT2D eigenvalue weighted by atomic mass is 32.2. The Balaban J connectivity index is 1.21. The van der Waals surface area contributed by atoms with Gasteiger partial charge in [0.1, 0.15) is 39.9 Å². The van der Waals surface area contributed by atoms with Gasteiger partial charge in [-0.2, -0.15) is 13.2 Å². The highest BCUT2D eigenvalue weighted by Crippen LogP contribution is 2.47. The molecule has 7 rings (SSSR count). The van der Waals surface area contributed by atoms with Crippen molar-refractivity contribution in [1.29, 1.82) is 0 Å². The van der Waals surface area contributed by atoms with E-state index >= 15 is 0 Å². The van der Waals surface area contributed by atoms with Crippen molar-refractivity contribution in [3.63, 3.8) is 0 Å². The number of sulfonamides is 1. The van der Waals surface area contributed by atoms with E-state index in [2.05, 4.69) is 20.0 Å². The zero-order chi connectivity index (χ0) is 39.5. The lowest BCUT2D eigenvalue weighted by atomic mass is 9.97. The van der Waals surface area contributed by atoms with Crippen LogP contribution < -0.4 is 19.5 Å². The summed E-state index contributed by atoms with van der Waals surface area (Å²) in [6.45, 7) is 4.03. The Morgan fingerprint density at radius 1 is 1.16 bits per heavy atom. The summed E-state index contributed by atoms with van der Waals surface area (Å²) in [5.41, 5.74) is -1.46. The van der Waals surface area contributed by atoms with Crippen LogP contribution in [0.4, 0.5) is 18.0 Å². The molecule has 3 fully saturated rings. The second-order valence-corrected chi connectivity index (χ2v) is 17.7. The first-order valence-electron chi connectivity index (χ1n) is 17.8. The Labute approximate surface area is 319 Å². The van der Waals surface area contributed by atoms with Crippen LogP contribution >= 0.6 is 11.3 Å². The Kier molecular flexibility index (Phi) is 10.0. The van der Waals surface area contributed by atoms with E-state index < -0.39 is 68.1 Å². The summed E-state index contributed by atoms with van der Waals surface area (Å²) in [4.78, 5) is 53.2. The third kappa shape index (κ3) is 7.45. The lowest BCUT2D eigenvalue weighted by Crippen LogP contribution is -2.62. The van der Waals surface area contributed by atoms with E-state index in [9.17, 15) is 36.0 Å². The molecule has 0 radical (unpaired) electrons. The van der Waals surface area contributed by atoms with Gasteiger partial charge in [-0.05, 0) is 45.2 Å². The quantitative estimate of drug-likeness (QED) is 0.326. The lowest BCUT2D eigenvalue weighted by Gasteiger charge is -2.40. The van der Waals surface area contributed by atoms with Crippen LogP contribution in [0.25, 0.3) is 21.6 Å². The van der Waals surface area contributed by atoms with Gasteiger partial charge in [0, 0.05) is 61.3 Å². The van der Waals surface area contributed by atoms with Crippen molar-refractivity contribution in [2.75, 3.05) is 40.5 Å². The maximum absolute atomic E-state index is 14.4. The predicted octanol–water partition coefficient (Wildman–Crippen LogP) is 4.42. The van der Waals surface area contributed by atoms with Crippen molar-refractivity contribution >= 4 is 50.1 Å². The number of halogens is 3. The van der Waals surface area contributed by atoms with Crippen LogP contribution in [0.2, 0.25) is 0 Å². The first-order chi connectivity index (χ1) is 26.0. The number of methoxy groups -OCH3 is 1. The van der Waals surface area contributed by atoms with E-state index in [1.807, 2.05) is 0 Å². The number of urea groups is 1. The van der Waals surface area contributed by atoms with Crippen molar-refractivity contribution in [2.45, 2.75) is 74.6 Å². The van der Waals surface area contributed by atoms with Gasteiger partial charge >= 0.3 is 12.2 Å². The number of carbonyl (C=O) groups excluding carboxylic acids is 3. The number of ether oxygens (including phenoxy) is 3. The standard InChI is InChI=1S/C36H41F3N6O8S2/c1-20-26(51-4)8-7-23-27(17-24(40-29(20)23)31-41-28(19-54-31)36(37,38)39)53-22-9-12-45-25(16-22)30(46)42-35(32(47)43-55(49,50)34(2)10-11-34)18-21(35)6-5-14-52-15-13-44(3)33(45)48/h5-8,17,19,21-22,25H,9-16,18H2,1-4H3,(H,42,46)(H,43,47)/b6-5+/t21-,22-,25-,35-/m0/s1. The normalized spacial score (nSPS) is 26.3. The van der Waals surface area contributed by atoms with Gasteiger partial charge in [0.15, 0.2) is 5.69 Å². The summed E-state index contributed by atoms with van der Waals surface area (Å²) in [7, 11) is -0.950. The number of aryl methyl sites for hydroxylation is 1. The van der Waals surface area contributed by atoms with Gasteiger partial charge in [0.25, 0.3) is 5.91 Å². The van der Waals surface area contributed by atoms with E-state index in [0.717, 1.165) is 16.7 Å². The number of rotatable bonds is 7. The largest absolute Gasteiger partial charge is 0.496 e. The van der Waals surface area contributed by atoms with E-state index in [0.29, 0.717) is 35.1 Å². The molecule has 2 saturated carbocycles. The Hall–Kier alpha value is -4.49. The van der Waals surface area contributed by atoms with Gasteiger partial charge in [0.05, 0.1) is 30.6 Å². The maximum Gasteiger partial charge on any atom is 0.434 e. The van der Waals surface area contributed by atoms with Gasteiger partial charge in [-0.3, -0.25) is 14.3 Å². The van der Waals surface area contributed by atoms with Crippen LogP contribution in [0.1, 0.15) is 50.3 Å². The SMILES string of the molecule is COc1ccc2c(O[C@H]3CCN4C(=O)N(C)CCOC/C=C/[C@H]5C[C@]5(C(=O)NS(=O)(=O)C5(C)CC5)NC(=O)[C@@H]4C3)cc(-c3nc(C(F)(F)F)cs3)nc2c1C. The number of fused-ring (bicyclic) bond motifs is 3. The zero-order valence-electron chi connectivity index (χ0n) is 30.6. The summed E-state index contributed by atoms with van der Waals surface area (Å²) in [5, 5.41) is 4.31. The van der Waals surface area contributed by atoms with Gasteiger partial charge in [-0.25, -0.2) is 23.2 Å². The van der Waals surface area contributed by atoms with E-state index in [4.69, 9.17) is 14.2 Å². The Morgan fingerprint density at radius 2 is 1.93 bits per heavy atom. The molecule has 0 spiro atoms. The van der Waals surface area contributed by atoms with Crippen molar-refractivity contribution in [3.8, 4) is 22.2 Å². The fraction of sp³-hybridized carbons (Fsp3) is 0.528. The van der Waals surface area contributed by atoms with Crippen LogP contribution in [-0.2, 0) is 30.5 Å². The van der Waals surface area contributed by atoms with Gasteiger partial charge in [-0.15, -0.1) is 11.3 Å². The van der Waals surface area contributed by atoms with Crippen LogP contribution in [0.5, 0.6) is 11.5 Å². The van der Waals surface area contributed by atoms with Crippen molar-refractivity contribution in [1.82, 2.24) is 29.8 Å². The number of piperidine rings is 1. The second kappa shape index (κ2) is 14.2. The highest BCUT2D eigenvalue weighted by molar-refractivity contribution is 7.91. The number of nitrogens with one attached hydrogen (secondary N) is 2. The number of amides is 4. The molecule has 2 aliphatic carbocycles. The summed E-state index contributed by atoms with van der Waals surface area (Å²) in [6, 6.07) is 3.35. The number of alkyl halides is 3. The lowest BCUT2D eigenvalue weighted by molar-refractivity contribution is -0.140. The molecular formula is C36H41F3N6O8S2. The molecule has 4 amide bonds. The number of carbonyl (C=O) groups is 3. The summed E-state index contributed by atoms with van der Waals surface area (Å²) >= 11 is 0.786. The zero-order valence-corrected chi connectivity index (χ0v) is 32.2. The molecule has 4 atom stereocenters. The van der Waals surface area contributed by atoms with Crippen molar-refractivity contribution in [3.05, 3.63) is 47.0 Å².